The van der Waals surface area contributed by atoms with Crippen molar-refractivity contribution in [2.75, 3.05) is 23.8 Å². The second-order valence-electron chi connectivity index (χ2n) is 10.4. The summed E-state index contributed by atoms with van der Waals surface area (Å²) in [5.74, 6) is 0.704. The van der Waals surface area contributed by atoms with Crippen LogP contribution in [0, 0.1) is 0 Å². The summed E-state index contributed by atoms with van der Waals surface area (Å²) in [6.07, 6.45) is 9.15. The minimum Gasteiger partial charge on any atom is -0.444 e. The fourth-order valence-electron chi connectivity index (χ4n) is 4.53. The van der Waals surface area contributed by atoms with Crippen molar-refractivity contribution in [1.29, 1.82) is 0 Å². The van der Waals surface area contributed by atoms with Gasteiger partial charge < -0.3 is 19.9 Å². The van der Waals surface area contributed by atoms with Gasteiger partial charge in [-0.2, -0.15) is 5.10 Å². The first-order valence-corrected chi connectivity index (χ1v) is 12.4. The highest BCUT2D eigenvalue weighted by Gasteiger charge is 2.33. The molecule has 2 unspecified atom stereocenters. The monoisotopic (exact) mass is 505 g/mol. The number of ether oxygens (including phenoxy) is 1. The number of nitrogens with one attached hydrogen (secondary N) is 1. The normalized spacial score (nSPS) is 17.2. The van der Waals surface area contributed by atoms with Gasteiger partial charge in [-0.3, -0.25) is 14.5 Å². The van der Waals surface area contributed by atoms with Crippen molar-refractivity contribution in [2.45, 2.75) is 65.3 Å². The first-order chi connectivity index (χ1) is 17.5. The van der Waals surface area contributed by atoms with E-state index in [1.807, 2.05) is 54.9 Å². The third-order valence-electron chi connectivity index (χ3n) is 6.24. The molecule has 0 bridgehead atoms. The maximum atomic E-state index is 12.5. The van der Waals surface area contributed by atoms with Crippen LogP contribution in [-0.2, 0) is 16.1 Å². The maximum absolute atomic E-state index is 12.5. The zero-order chi connectivity index (χ0) is 26.7. The molecule has 3 aromatic rings. The number of amides is 2. The zero-order valence-corrected chi connectivity index (χ0v) is 22.3. The van der Waals surface area contributed by atoms with Crippen molar-refractivity contribution in [1.82, 2.24) is 24.6 Å². The van der Waals surface area contributed by atoms with Gasteiger partial charge in [0, 0.05) is 56.4 Å². The van der Waals surface area contributed by atoms with Crippen LogP contribution >= 0.6 is 0 Å². The Bertz CT molecular complexity index is 1250. The average Bonchev–Trinajstić information content (AvgIpc) is 3.31. The third-order valence-corrected chi connectivity index (χ3v) is 6.24. The summed E-state index contributed by atoms with van der Waals surface area (Å²) in [5.41, 5.74) is 3.33. The van der Waals surface area contributed by atoms with Gasteiger partial charge in [0.25, 0.3) is 0 Å². The van der Waals surface area contributed by atoms with Crippen LogP contribution in [0.3, 0.4) is 0 Å². The molecule has 1 aliphatic heterocycles. The lowest BCUT2D eigenvalue weighted by Gasteiger charge is -2.39. The Labute approximate surface area is 217 Å². The number of rotatable bonds is 6. The van der Waals surface area contributed by atoms with Crippen LogP contribution in [0.5, 0.6) is 0 Å². The van der Waals surface area contributed by atoms with Crippen molar-refractivity contribution in [3.63, 3.8) is 0 Å². The van der Waals surface area contributed by atoms with E-state index >= 15 is 0 Å². The number of hydrogen-bond acceptors (Lipinski definition) is 7. The summed E-state index contributed by atoms with van der Waals surface area (Å²) in [4.78, 5) is 36.6. The van der Waals surface area contributed by atoms with Crippen molar-refractivity contribution in [3.05, 3.63) is 54.7 Å². The molecule has 10 heteroatoms. The number of likely N-dealkylation sites (N-methyl/N-ethyl adjacent to an activating group) is 1. The van der Waals surface area contributed by atoms with Gasteiger partial charge in [-0.25, -0.2) is 9.78 Å². The molecular weight excluding hydrogens is 470 g/mol. The predicted molar refractivity (Wildman–Crippen MR) is 142 cm³/mol. The van der Waals surface area contributed by atoms with E-state index in [1.54, 1.807) is 37.5 Å². The van der Waals surface area contributed by atoms with Crippen molar-refractivity contribution < 1.29 is 14.3 Å². The highest BCUT2D eigenvalue weighted by atomic mass is 16.6. The number of benzene rings is 1. The number of anilines is 2. The fraction of sp³-hybridized carbons (Fsp3) is 0.444. The molecule has 196 valence electrons. The van der Waals surface area contributed by atoms with E-state index < -0.39 is 5.60 Å². The summed E-state index contributed by atoms with van der Waals surface area (Å²) in [5, 5.41) is 7.98. The van der Waals surface area contributed by atoms with E-state index in [0.29, 0.717) is 18.9 Å². The number of hydrogen-bond donors (Lipinski definition) is 1. The molecule has 2 atom stereocenters. The topological polar surface area (TPSA) is 105 Å². The highest BCUT2D eigenvalue weighted by molar-refractivity contribution is 5.94. The van der Waals surface area contributed by atoms with Gasteiger partial charge in [-0.05, 0) is 57.4 Å². The summed E-state index contributed by atoms with van der Waals surface area (Å²) >= 11 is 0. The van der Waals surface area contributed by atoms with Crippen molar-refractivity contribution in [2.24, 2.45) is 0 Å². The lowest BCUT2D eigenvalue weighted by molar-refractivity contribution is -0.117. The van der Waals surface area contributed by atoms with Gasteiger partial charge in [0.05, 0.1) is 25.0 Å². The van der Waals surface area contributed by atoms with Crippen molar-refractivity contribution >= 4 is 23.5 Å². The van der Waals surface area contributed by atoms with E-state index in [2.05, 4.69) is 33.4 Å². The molecule has 4 rings (SSSR count). The summed E-state index contributed by atoms with van der Waals surface area (Å²) in [6.45, 7) is 10.2. The number of carbonyl (C=O) groups excluding carboxylic acids is 2. The molecule has 0 saturated carbocycles. The minimum atomic E-state index is -0.535. The Hall–Kier alpha value is -3.95. The Morgan fingerprint density at radius 3 is 2.65 bits per heavy atom. The molecule has 2 aromatic heterocycles. The molecule has 37 heavy (non-hydrogen) atoms. The molecule has 2 amide bonds. The quantitative estimate of drug-likeness (QED) is 0.526. The Kier molecular flexibility index (Phi) is 7.47. The Balaban J connectivity index is 1.55. The van der Waals surface area contributed by atoms with Gasteiger partial charge in [-0.15, -0.1) is 0 Å². The highest BCUT2D eigenvalue weighted by Crippen LogP contribution is 2.40. The molecule has 10 nitrogen and oxygen atoms in total. The number of aromatic nitrogens is 4. The van der Waals surface area contributed by atoms with E-state index in [0.717, 1.165) is 28.8 Å². The third kappa shape index (κ3) is 6.25. The van der Waals surface area contributed by atoms with Crippen LogP contribution in [0.15, 0.2) is 49.2 Å². The number of nitrogens with zero attached hydrogens (tertiary/aromatic N) is 6. The van der Waals surface area contributed by atoms with E-state index in [-0.39, 0.29) is 24.1 Å². The second-order valence-corrected chi connectivity index (χ2v) is 10.4. The zero-order valence-electron chi connectivity index (χ0n) is 22.3. The Morgan fingerprint density at radius 1 is 1.19 bits per heavy atom. The van der Waals surface area contributed by atoms with Gasteiger partial charge in [0.1, 0.15) is 11.4 Å². The second kappa shape index (κ2) is 10.6. The van der Waals surface area contributed by atoms with Crippen molar-refractivity contribution in [3.8, 4) is 11.1 Å². The summed E-state index contributed by atoms with van der Waals surface area (Å²) < 4.78 is 7.23. The summed E-state index contributed by atoms with van der Waals surface area (Å²) in [7, 11) is 1.72. The number of carbonyl (C=O) groups is 2. The largest absolute Gasteiger partial charge is 0.444 e. The van der Waals surface area contributed by atoms with Crippen LogP contribution < -0.4 is 10.2 Å². The van der Waals surface area contributed by atoms with Gasteiger partial charge >= 0.3 is 6.09 Å². The standard InChI is InChI=1S/C27H35N7O3/c1-18-13-23(31-25-16-28-9-10-29-25)22-14-20(7-8-24(22)34(18)19(2)35)21-15-30-33(17-21)12-11-32(6)26(36)37-27(3,4)5/h7-10,14-18,23H,11-13H2,1-6H3,(H,29,31). The van der Waals surface area contributed by atoms with E-state index in [4.69, 9.17) is 4.74 Å². The van der Waals surface area contributed by atoms with Crippen LogP contribution in [-0.4, -0.2) is 61.9 Å². The SMILES string of the molecule is CC(=O)N1c2ccc(-c3cnn(CCN(C)C(=O)OC(C)(C)C)c3)cc2C(Nc2cnccn2)CC1C. The van der Waals surface area contributed by atoms with Crippen LogP contribution in [0.4, 0.5) is 16.3 Å². The van der Waals surface area contributed by atoms with Crippen LogP contribution in [0.25, 0.3) is 11.1 Å². The molecule has 0 fully saturated rings. The van der Waals surface area contributed by atoms with Gasteiger partial charge in [-0.1, -0.05) is 6.07 Å². The van der Waals surface area contributed by atoms with E-state index in [1.165, 1.54) is 0 Å². The molecule has 0 aliphatic carbocycles. The minimum absolute atomic E-state index is 0.0152. The van der Waals surface area contributed by atoms with Crippen LogP contribution in [0.2, 0.25) is 0 Å². The first-order valence-electron chi connectivity index (χ1n) is 12.4. The fourth-order valence-corrected chi connectivity index (χ4v) is 4.53. The molecule has 1 N–H and O–H groups in total. The first kappa shape index (κ1) is 26.1. The predicted octanol–water partition coefficient (Wildman–Crippen LogP) is 4.51. The molecule has 0 spiro atoms. The Morgan fingerprint density at radius 2 is 1.97 bits per heavy atom. The van der Waals surface area contributed by atoms with Gasteiger partial charge in [0.15, 0.2) is 0 Å². The molecule has 0 radical (unpaired) electrons. The lowest BCUT2D eigenvalue weighted by Crippen LogP contribution is -2.43. The molecule has 1 aliphatic rings. The molecule has 3 heterocycles. The van der Waals surface area contributed by atoms with E-state index in [9.17, 15) is 9.59 Å². The lowest BCUT2D eigenvalue weighted by atomic mass is 9.89. The summed E-state index contributed by atoms with van der Waals surface area (Å²) in [6, 6.07) is 6.13. The molecular formula is C27H35N7O3. The van der Waals surface area contributed by atoms with Crippen LogP contribution in [0.1, 0.15) is 52.6 Å². The number of fused-ring (bicyclic) bond motifs is 1. The maximum Gasteiger partial charge on any atom is 0.410 e. The molecule has 0 saturated heterocycles. The average molecular weight is 506 g/mol. The smallest absolute Gasteiger partial charge is 0.410 e. The van der Waals surface area contributed by atoms with Gasteiger partial charge in [0.2, 0.25) is 5.91 Å². The molecule has 1 aromatic carbocycles.